The van der Waals surface area contributed by atoms with Gasteiger partial charge >= 0.3 is 5.92 Å². The Morgan fingerprint density at radius 2 is 1.71 bits per heavy atom. The van der Waals surface area contributed by atoms with Crippen LogP contribution in [0.1, 0.15) is 30.1 Å². The normalized spacial score (nSPS) is 17.0. The van der Waals surface area contributed by atoms with Crippen molar-refractivity contribution >= 4 is 16.8 Å². The van der Waals surface area contributed by atoms with Crippen molar-refractivity contribution in [2.24, 2.45) is 7.05 Å². The minimum atomic E-state index is -3.81. The number of carbonyl (C=O) groups is 1. The van der Waals surface area contributed by atoms with Crippen molar-refractivity contribution in [3.05, 3.63) is 78.0 Å². The fourth-order valence-electron chi connectivity index (χ4n) is 5.53. The van der Waals surface area contributed by atoms with E-state index in [-0.39, 0.29) is 6.54 Å². The van der Waals surface area contributed by atoms with Crippen LogP contribution in [0, 0.1) is 0 Å². The molecular weight excluding hydrogens is 530 g/mol. The molecule has 0 bridgehead atoms. The number of aryl methyl sites for hydroxylation is 1. The standard InChI is InChI=1S/C31H32F2N4O4/c1-36-26-16-21(4-5-23(26)18-34-36)20-6-9-24(10-7-20)31(32,33)30(39)35-25(19-37-12-2-3-13-37)29(38)22-8-11-27-28(17-22)41-15-14-40-27/h4-11,16-18,25,29,38H,2-3,12-15,19H2,1H3,(H,35,39). The molecule has 0 aliphatic carbocycles. The molecule has 0 radical (unpaired) electrons. The van der Waals surface area contributed by atoms with E-state index in [2.05, 4.69) is 15.3 Å². The van der Waals surface area contributed by atoms with Gasteiger partial charge in [0.2, 0.25) is 0 Å². The highest BCUT2D eigenvalue weighted by Crippen LogP contribution is 2.35. The lowest BCUT2D eigenvalue weighted by atomic mass is 9.98. The molecule has 6 rings (SSSR count). The Labute approximate surface area is 236 Å². The molecule has 3 heterocycles. The zero-order valence-corrected chi connectivity index (χ0v) is 22.7. The molecule has 4 aromatic rings. The summed E-state index contributed by atoms with van der Waals surface area (Å²) in [7, 11) is 1.84. The van der Waals surface area contributed by atoms with Gasteiger partial charge in [-0.3, -0.25) is 9.48 Å². The Bertz CT molecular complexity index is 1550. The van der Waals surface area contributed by atoms with Crippen molar-refractivity contribution in [3.8, 4) is 22.6 Å². The average Bonchev–Trinajstić information content (AvgIpc) is 3.65. The maximum absolute atomic E-state index is 15.5. The molecule has 0 spiro atoms. The number of hydrogen-bond acceptors (Lipinski definition) is 6. The highest BCUT2D eigenvalue weighted by molar-refractivity contribution is 5.86. The Kier molecular flexibility index (Phi) is 7.35. The SMILES string of the molecule is Cn1ncc2ccc(-c3ccc(C(F)(F)C(=O)NC(CN4CCCC4)C(O)c4ccc5c(c4)OCCO5)cc3)cc21. The molecule has 1 amide bonds. The summed E-state index contributed by atoms with van der Waals surface area (Å²) in [6.45, 7) is 2.61. The van der Waals surface area contributed by atoms with Gasteiger partial charge in [0.05, 0.1) is 17.8 Å². The van der Waals surface area contributed by atoms with Gasteiger partial charge in [-0.15, -0.1) is 0 Å². The number of carbonyl (C=O) groups excluding carboxylic acids is 1. The van der Waals surface area contributed by atoms with Gasteiger partial charge in [-0.2, -0.15) is 13.9 Å². The van der Waals surface area contributed by atoms with Crippen LogP contribution in [0.2, 0.25) is 0 Å². The van der Waals surface area contributed by atoms with Crippen LogP contribution in [0.15, 0.2) is 66.9 Å². The first-order valence-electron chi connectivity index (χ1n) is 13.8. The van der Waals surface area contributed by atoms with E-state index in [1.165, 1.54) is 12.1 Å². The number of aromatic nitrogens is 2. The summed E-state index contributed by atoms with van der Waals surface area (Å²) < 4.78 is 44.0. The number of fused-ring (bicyclic) bond motifs is 2. The average molecular weight is 563 g/mol. The van der Waals surface area contributed by atoms with Crippen molar-refractivity contribution in [2.75, 3.05) is 32.8 Å². The molecule has 41 heavy (non-hydrogen) atoms. The summed E-state index contributed by atoms with van der Waals surface area (Å²) in [6.07, 6.45) is 2.51. The molecule has 3 aromatic carbocycles. The zero-order valence-electron chi connectivity index (χ0n) is 22.7. The number of hydrogen-bond donors (Lipinski definition) is 2. The number of nitrogens with zero attached hydrogens (tertiary/aromatic N) is 3. The minimum absolute atomic E-state index is 0.243. The number of aliphatic hydroxyl groups excluding tert-OH is 1. The Morgan fingerprint density at radius 3 is 2.46 bits per heavy atom. The first kappa shape index (κ1) is 27.2. The smallest absolute Gasteiger partial charge is 0.349 e. The maximum atomic E-state index is 15.5. The first-order valence-corrected chi connectivity index (χ1v) is 13.8. The van der Waals surface area contributed by atoms with E-state index in [1.807, 2.05) is 25.2 Å². The maximum Gasteiger partial charge on any atom is 0.349 e. The van der Waals surface area contributed by atoms with E-state index < -0.39 is 29.5 Å². The van der Waals surface area contributed by atoms with E-state index in [4.69, 9.17) is 9.47 Å². The predicted molar refractivity (Wildman–Crippen MR) is 150 cm³/mol. The number of amides is 1. The summed E-state index contributed by atoms with van der Waals surface area (Å²) in [5.74, 6) is -4.22. The van der Waals surface area contributed by atoms with Gasteiger partial charge in [0.25, 0.3) is 5.91 Å². The molecule has 1 aromatic heterocycles. The Morgan fingerprint density at radius 1 is 1.00 bits per heavy atom. The summed E-state index contributed by atoms with van der Waals surface area (Å²) in [5, 5.41) is 19.0. The number of halogens is 2. The second-order valence-corrected chi connectivity index (χ2v) is 10.6. The van der Waals surface area contributed by atoms with Gasteiger partial charge in [0.15, 0.2) is 11.5 Å². The zero-order chi connectivity index (χ0) is 28.6. The lowest BCUT2D eigenvalue weighted by Gasteiger charge is -2.30. The highest BCUT2D eigenvalue weighted by atomic mass is 19.3. The van der Waals surface area contributed by atoms with Gasteiger partial charge in [0.1, 0.15) is 19.3 Å². The van der Waals surface area contributed by atoms with E-state index in [0.717, 1.165) is 48.0 Å². The molecule has 8 nitrogen and oxygen atoms in total. The van der Waals surface area contributed by atoms with Crippen LogP contribution in [-0.2, 0) is 17.8 Å². The second-order valence-electron chi connectivity index (χ2n) is 10.6. The molecular formula is C31H32F2N4O4. The summed E-state index contributed by atoms with van der Waals surface area (Å²) in [6, 6.07) is 15.5. The molecule has 214 valence electrons. The number of rotatable bonds is 8. The van der Waals surface area contributed by atoms with Gasteiger partial charge < -0.3 is 24.8 Å². The van der Waals surface area contributed by atoms with Crippen molar-refractivity contribution in [3.63, 3.8) is 0 Å². The summed E-state index contributed by atoms with van der Waals surface area (Å²) in [5.41, 5.74) is 2.56. The molecule has 0 saturated carbocycles. The number of nitrogens with one attached hydrogen (secondary N) is 1. The summed E-state index contributed by atoms with van der Waals surface area (Å²) >= 11 is 0. The van der Waals surface area contributed by atoms with Gasteiger partial charge in [0, 0.05) is 24.5 Å². The minimum Gasteiger partial charge on any atom is -0.486 e. The number of alkyl halides is 2. The second kappa shape index (κ2) is 11.1. The van der Waals surface area contributed by atoms with Crippen molar-refractivity contribution in [2.45, 2.75) is 30.9 Å². The molecule has 2 atom stereocenters. The van der Waals surface area contributed by atoms with Crippen LogP contribution < -0.4 is 14.8 Å². The van der Waals surface area contributed by atoms with Crippen molar-refractivity contribution in [1.29, 1.82) is 0 Å². The molecule has 10 heteroatoms. The lowest BCUT2D eigenvalue weighted by Crippen LogP contribution is -2.50. The molecule has 2 aliphatic rings. The highest BCUT2D eigenvalue weighted by Gasteiger charge is 2.43. The number of likely N-dealkylation sites (tertiary alicyclic amines) is 1. The number of aliphatic hydroxyl groups is 1. The Balaban J connectivity index is 1.21. The van der Waals surface area contributed by atoms with Crippen LogP contribution >= 0.6 is 0 Å². The molecule has 2 aliphatic heterocycles. The monoisotopic (exact) mass is 562 g/mol. The fourth-order valence-corrected chi connectivity index (χ4v) is 5.53. The summed E-state index contributed by atoms with van der Waals surface area (Å²) in [4.78, 5) is 15.1. The van der Waals surface area contributed by atoms with E-state index >= 15 is 8.78 Å². The number of ether oxygens (including phenoxy) is 2. The topological polar surface area (TPSA) is 88.9 Å². The van der Waals surface area contributed by atoms with E-state index in [1.54, 1.807) is 41.2 Å². The van der Waals surface area contributed by atoms with Crippen LogP contribution in [0.3, 0.4) is 0 Å². The van der Waals surface area contributed by atoms with Crippen LogP contribution in [-0.4, -0.2) is 64.6 Å². The quantitative estimate of drug-likeness (QED) is 0.331. The molecule has 2 unspecified atom stereocenters. The van der Waals surface area contributed by atoms with E-state index in [9.17, 15) is 9.90 Å². The Hall–Kier alpha value is -4.02. The van der Waals surface area contributed by atoms with Gasteiger partial charge in [-0.25, -0.2) is 0 Å². The first-order chi connectivity index (χ1) is 19.8. The molecule has 2 N–H and O–H groups in total. The van der Waals surface area contributed by atoms with Crippen molar-refractivity contribution < 1.29 is 28.2 Å². The fraction of sp³-hybridized carbons (Fsp3) is 0.355. The third-order valence-corrected chi connectivity index (χ3v) is 7.87. The third kappa shape index (κ3) is 5.49. The van der Waals surface area contributed by atoms with E-state index in [0.29, 0.717) is 30.3 Å². The largest absolute Gasteiger partial charge is 0.486 e. The van der Waals surface area contributed by atoms with Crippen LogP contribution in [0.4, 0.5) is 8.78 Å². The van der Waals surface area contributed by atoms with Crippen LogP contribution in [0.5, 0.6) is 11.5 Å². The van der Waals surface area contributed by atoms with Gasteiger partial charge in [-0.1, -0.05) is 42.5 Å². The third-order valence-electron chi connectivity index (χ3n) is 7.87. The lowest BCUT2D eigenvalue weighted by molar-refractivity contribution is -0.149. The van der Waals surface area contributed by atoms with Crippen molar-refractivity contribution in [1.82, 2.24) is 20.0 Å². The van der Waals surface area contributed by atoms with Crippen LogP contribution in [0.25, 0.3) is 22.0 Å². The molecule has 1 fully saturated rings. The number of benzene rings is 3. The molecule has 1 saturated heterocycles. The van der Waals surface area contributed by atoms with Gasteiger partial charge in [-0.05, 0) is 60.8 Å². The predicted octanol–water partition coefficient (Wildman–Crippen LogP) is 4.42.